The van der Waals surface area contributed by atoms with E-state index >= 15 is 0 Å². The van der Waals surface area contributed by atoms with Crippen LogP contribution < -0.4 is 32.8 Å². The van der Waals surface area contributed by atoms with Gasteiger partial charge >= 0.3 is 0 Å². The first-order valence-electron chi connectivity index (χ1n) is 12.5. The summed E-state index contributed by atoms with van der Waals surface area (Å²) in [5.74, 6) is -1.02. The minimum Gasteiger partial charge on any atom is -0.496 e. The number of amides is 2. The molecule has 2 amide bonds. The first kappa shape index (κ1) is 26.9. The van der Waals surface area contributed by atoms with E-state index in [1.54, 1.807) is 37.4 Å². The van der Waals surface area contributed by atoms with Gasteiger partial charge in [0.05, 0.1) is 24.4 Å². The Bertz CT molecular complexity index is 1880. The van der Waals surface area contributed by atoms with Gasteiger partial charge in [0.1, 0.15) is 28.5 Å². The van der Waals surface area contributed by atoms with Crippen molar-refractivity contribution in [2.45, 2.75) is 19.9 Å². The first-order valence-corrected chi connectivity index (χ1v) is 12.5. The van der Waals surface area contributed by atoms with Crippen molar-refractivity contribution in [3.05, 3.63) is 93.7 Å². The van der Waals surface area contributed by atoms with E-state index in [1.165, 1.54) is 28.3 Å². The number of para-hydroxylation sites is 1. The summed E-state index contributed by atoms with van der Waals surface area (Å²) >= 11 is 0. The maximum Gasteiger partial charge on any atom is 0.282 e. The van der Waals surface area contributed by atoms with Crippen molar-refractivity contribution in [3.63, 3.8) is 0 Å². The van der Waals surface area contributed by atoms with Crippen molar-refractivity contribution in [3.8, 4) is 22.8 Å². The Kier molecular flexibility index (Phi) is 6.85. The third-order valence-corrected chi connectivity index (χ3v) is 6.58. The highest BCUT2D eigenvalue weighted by Crippen LogP contribution is 2.32. The Hall–Kier alpha value is -5.72. The molecule has 0 aliphatic heterocycles. The van der Waals surface area contributed by atoms with Crippen molar-refractivity contribution in [1.29, 1.82) is 0 Å². The molecule has 1 atom stereocenters. The largest absolute Gasteiger partial charge is 0.496 e. The van der Waals surface area contributed by atoms with Crippen LogP contribution in [-0.4, -0.2) is 43.1 Å². The number of hydrogen-bond donors (Lipinski definition) is 4. The summed E-state index contributed by atoms with van der Waals surface area (Å²) < 4.78 is 8.44. The second kappa shape index (κ2) is 10.4. The topological polar surface area (TPSA) is 199 Å². The van der Waals surface area contributed by atoms with Gasteiger partial charge in [0, 0.05) is 11.8 Å². The van der Waals surface area contributed by atoms with Gasteiger partial charge in [-0.15, -0.1) is 0 Å². The fourth-order valence-electron chi connectivity index (χ4n) is 4.59. The van der Waals surface area contributed by atoms with Crippen molar-refractivity contribution in [2.75, 3.05) is 18.2 Å². The summed E-state index contributed by atoms with van der Waals surface area (Å²) in [6.07, 6.45) is 1.70. The molecule has 0 saturated heterocycles. The fraction of sp³-hybridized carbons (Fsp3) is 0.143. The maximum absolute atomic E-state index is 13.7. The Balaban J connectivity index is 1.68. The van der Waals surface area contributed by atoms with Gasteiger partial charge in [0.15, 0.2) is 11.6 Å². The molecule has 3 aromatic heterocycles. The number of hydrogen-bond acceptors (Lipinski definition) is 9. The smallest absolute Gasteiger partial charge is 0.282 e. The van der Waals surface area contributed by atoms with Crippen LogP contribution in [0.4, 0.5) is 11.6 Å². The SMILES string of the molecule is COc1ccc(C(N)=O)cc1-c1nc(N)c(C(N)=O)c(N[C@@H](C)c2nn3ccc(C)c3c(=O)n2-c2ccccc2)n1. The highest BCUT2D eigenvalue weighted by Gasteiger charge is 2.25. The van der Waals surface area contributed by atoms with E-state index in [9.17, 15) is 14.4 Å². The molecule has 7 N–H and O–H groups in total. The van der Waals surface area contributed by atoms with Crippen LogP contribution in [0.3, 0.4) is 0 Å². The summed E-state index contributed by atoms with van der Waals surface area (Å²) in [5, 5.41) is 7.86. The molecule has 41 heavy (non-hydrogen) atoms. The molecule has 0 aliphatic carbocycles. The van der Waals surface area contributed by atoms with Crippen LogP contribution in [-0.2, 0) is 0 Å². The number of methoxy groups -OCH3 is 1. The molecule has 0 saturated carbocycles. The summed E-state index contributed by atoms with van der Waals surface area (Å²) in [6, 6.07) is 14.7. The lowest BCUT2D eigenvalue weighted by molar-refractivity contribution is 0.0992. The molecule has 0 aliphatic rings. The third kappa shape index (κ3) is 4.80. The number of aromatic nitrogens is 5. The van der Waals surface area contributed by atoms with Crippen molar-refractivity contribution < 1.29 is 14.3 Å². The number of ether oxygens (including phenoxy) is 1. The zero-order valence-electron chi connectivity index (χ0n) is 22.5. The van der Waals surface area contributed by atoms with Gasteiger partial charge in [-0.1, -0.05) is 18.2 Å². The molecule has 0 spiro atoms. The number of nitrogens with zero attached hydrogens (tertiary/aromatic N) is 5. The van der Waals surface area contributed by atoms with Crippen molar-refractivity contribution in [1.82, 2.24) is 24.1 Å². The van der Waals surface area contributed by atoms with Gasteiger partial charge in [-0.3, -0.25) is 19.0 Å². The molecule has 0 radical (unpaired) electrons. The van der Waals surface area contributed by atoms with Gasteiger partial charge in [0.2, 0.25) is 5.91 Å². The first-order chi connectivity index (χ1) is 19.6. The predicted octanol–water partition coefficient (Wildman–Crippen LogP) is 2.21. The number of primary amides is 2. The minimum absolute atomic E-state index is 0.00308. The molecule has 3 heterocycles. The second-order valence-corrected chi connectivity index (χ2v) is 9.29. The van der Waals surface area contributed by atoms with E-state index in [2.05, 4.69) is 15.3 Å². The van der Waals surface area contributed by atoms with E-state index in [-0.39, 0.29) is 34.1 Å². The Morgan fingerprint density at radius 3 is 2.41 bits per heavy atom. The number of nitrogens with two attached hydrogens (primary N) is 3. The molecule has 13 heteroatoms. The number of aryl methyl sites for hydroxylation is 1. The van der Waals surface area contributed by atoms with Crippen LogP contribution in [0, 0.1) is 6.92 Å². The summed E-state index contributed by atoms with van der Waals surface area (Å²) in [7, 11) is 1.44. The lowest BCUT2D eigenvalue weighted by Gasteiger charge is -2.21. The molecule has 2 aromatic carbocycles. The van der Waals surface area contributed by atoms with Crippen LogP contribution in [0.1, 0.15) is 45.1 Å². The third-order valence-electron chi connectivity index (χ3n) is 6.58. The summed E-state index contributed by atoms with van der Waals surface area (Å²) in [6.45, 7) is 3.58. The van der Waals surface area contributed by atoms with E-state index in [4.69, 9.17) is 27.0 Å². The van der Waals surface area contributed by atoms with Gasteiger partial charge < -0.3 is 27.3 Å². The quantitative estimate of drug-likeness (QED) is 0.222. The number of carbonyl (C=O) groups is 2. The molecule has 13 nitrogen and oxygen atoms in total. The minimum atomic E-state index is -0.869. The van der Waals surface area contributed by atoms with E-state index in [0.29, 0.717) is 28.3 Å². The van der Waals surface area contributed by atoms with E-state index in [1.807, 2.05) is 25.1 Å². The van der Waals surface area contributed by atoms with Gasteiger partial charge in [-0.2, -0.15) is 5.10 Å². The number of nitrogens with one attached hydrogen (secondary N) is 1. The number of fused-ring (bicyclic) bond motifs is 1. The Morgan fingerprint density at radius 2 is 1.76 bits per heavy atom. The van der Waals surface area contributed by atoms with Crippen LogP contribution in [0.25, 0.3) is 22.6 Å². The molecule has 5 aromatic rings. The maximum atomic E-state index is 13.7. The van der Waals surface area contributed by atoms with Gasteiger partial charge in [-0.25, -0.2) is 14.5 Å². The van der Waals surface area contributed by atoms with E-state index in [0.717, 1.165) is 5.56 Å². The highest BCUT2D eigenvalue weighted by atomic mass is 16.5. The number of rotatable bonds is 8. The second-order valence-electron chi connectivity index (χ2n) is 9.29. The number of nitrogen functional groups attached to an aromatic ring is 1. The lowest BCUT2D eigenvalue weighted by Crippen LogP contribution is -2.30. The molecule has 208 valence electrons. The normalized spacial score (nSPS) is 11.8. The average molecular weight is 554 g/mol. The number of anilines is 2. The van der Waals surface area contributed by atoms with Gasteiger partial charge in [0.25, 0.3) is 11.5 Å². The molecule has 5 rings (SSSR count). The molecule has 0 fully saturated rings. The standard InChI is InChI=1S/C28H27N9O4/c1-14-11-12-36-21(14)28(40)37(17-7-5-4-6-8-17)27(35-36)15(2)32-26-20(24(31)39)22(29)33-25(34-26)18-13-16(23(30)38)9-10-19(18)41-3/h4-13,15H,1-3H3,(H2,30,38)(H2,31,39)(H3,29,32,33,34)/t15-/m0/s1. The average Bonchev–Trinajstić information content (AvgIpc) is 3.33. The molecular weight excluding hydrogens is 526 g/mol. The lowest BCUT2D eigenvalue weighted by atomic mass is 10.1. The summed E-state index contributed by atoms with van der Waals surface area (Å²) in [5.41, 5.74) is 19.2. The zero-order chi connectivity index (χ0) is 29.4. The van der Waals surface area contributed by atoms with Crippen LogP contribution in [0.15, 0.2) is 65.6 Å². The Morgan fingerprint density at radius 1 is 1.02 bits per heavy atom. The summed E-state index contributed by atoms with van der Waals surface area (Å²) in [4.78, 5) is 46.8. The fourth-order valence-corrected chi connectivity index (χ4v) is 4.59. The monoisotopic (exact) mass is 553 g/mol. The number of benzene rings is 2. The predicted molar refractivity (Wildman–Crippen MR) is 153 cm³/mol. The van der Waals surface area contributed by atoms with Crippen LogP contribution >= 0.6 is 0 Å². The highest BCUT2D eigenvalue weighted by molar-refractivity contribution is 6.02. The zero-order valence-corrected chi connectivity index (χ0v) is 22.5. The molecule has 0 unspecified atom stereocenters. The van der Waals surface area contributed by atoms with Crippen LogP contribution in [0.5, 0.6) is 5.75 Å². The van der Waals surface area contributed by atoms with E-state index < -0.39 is 17.9 Å². The van der Waals surface area contributed by atoms with Crippen molar-refractivity contribution in [2.24, 2.45) is 11.5 Å². The number of carbonyl (C=O) groups excluding carboxylic acids is 2. The van der Waals surface area contributed by atoms with Crippen molar-refractivity contribution >= 4 is 29.0 Å². The molecule has 0 bridgehead atoms. The van der Waals surface area contributed by atoms with Gasteiger partial charge in [-0.05, 0) is 55.8 Å². The van der Waals surface area contributed by atoms with Crippen LogP contribution in [0.2, 0.25) is 0 Å². The molecular formula is C28H27N9O4. The Labute approximate surface area is 233 Å².